The third-order valence-electron chi connectivity index (χ3n) is 3.23. The minimum Gasteiger partial charge on any atom is -0.322 e. The molecule has 4 nitrogen and oxygen atoms in total. The van der Waals surface area contributed by atoms with Crippen LogP contribution in [0.1, 0.15) is 6.92 Å². The number of likely N-dealkylation sites (N-methyl/N-ethyl adjacent to an activating group) is 1. The van der Waals surface area contributed by atoms with E-state index in [0.717, 1.165) is 19.6 Å². The van der Waals surface area contributed by atoms with Crippen LogP contribution in [0.4, 0.5) is 10.1 Å². The third-order valence-corrected chi connectivity index (χ3v) is 3.47. The van der Waals surface area contributed by atoms with Gasteiger partial charge in [0.05, 0.1) is 12.2 Å². The Balaban J connectivity index is 1.92. The van der Waals surface area contributed by atoms with Gasteiger partial charge in [0.2, 0.25) is 5.91 Å². The zero-order valence-corrected chi connectivity index (χ0v) is 11.5. The molecule has 1 fully saturated rings. The van der Waals surface area contributed by atoms with E-state index in [1.54, 1.807) is 6.07 Å². The molecule has 1 aromatic rings. The molecule has 1 amide bonds. The fourth-order valence-corrected chi connectivity index (χ4v) is 2.15. The minimum atomic E-state index is -0.519. The van der Waals surface area contributed by atoms with E-state index in [4.69, 9.17) is 11.6 Å². The molecule has 0 aromatic heterocycles. The lowest BCUT2D eigenvalue weighted by atomic mass is 10.1. The van der Waals surface area contributed by atoms with Crippen molar-refractivity contribution in [3.8, 4) is 0 Å². The van der Waals surface area contributed by atoms with Crippen molar-refractivity contribution < 1.29 is 9.18 Å². The van der Waals surface area contributed by atoms with Gasteiger partial charge in [0.15, 0.2) is 0 Å². The Morgan fingerprint density at radius 3 is 2.84 bits per heavy atom. The second kappa shape index (κ2) is 6.32. The van der Waals surface area contributed by atoms with Crippen molar-refractivity contribution in [2.75, 3.05) is 31.5 Å². The van der Waals surface area contributed by atoms with Crippen LogP contribution < -0.4 is 10.6 Å². The second-order valence-corrected chi connectivity index (χ2v) is 4.98. The molecule has 2 N–H and O–H groups in total. The second-order valence-electron chi connectivity index (χ2n) is 4.55. The molecule has 104 valence electrons. The van der Waals surface area contributed by atoms with Gasteiger partial charge >= 0.3 is 0 Å². The largest absolute Gasteiger partial charge is 0.322 e. The summed E-state index contributed by atoms with van der Waals surface area (Å²) in [6.07, 6.45) is 0. The summed E-state index contributed by atoms with van der Waals surface area (Å²) in [7, 11) is 0. The summed E-state index contributed by atoms with van der Waals surface area (Å²) in [5.74, 6) is -0.732. The van der Waals surface area contributed by atoms with Gasteiger partial charge in [0, 0.05) is 24.2 Å². The van der Waals surface area contributed by atoms with Crippen molar-refractivity contribution in [1.82, 2.24) is 10.2 Å². The molecule has 1 aromatic carbocycles. The van der Waals surface area contributed by atoms with E-state index in [1.807, 2.05) is 6.92 Å². The molecule has 0 bridgehead atoms. The molecule has 1 saturated heterocycles. The number of nitrogens with zero attached hydrogens (tertiary/aromatic N) is 1. The van der Waals surface area contributed by atoms with Crippen LogP contribution in [-0.2, 0) is 4.79 Å². The summed E-state index contributed by atoms with van der Waals surface area (Å²) in [6, 6.07) is 4.60. The van der Waals surface area contributed by atoms with Crippen LogP contribution in [0, 0.1) is 5.82 Å². The lowest BCUT2D eigenvalue weighted by Crippen LogP contribution is -2.58. The number of hydrogen-bond donors (Lipinski definition) is 2. The molecule has 0 aliphatic carbocycles. The van der Waals surface area contributed by atoms with Gasteiger partial charge < -0.3 is 10.6 Å². The van der Waals surface area contributed by atoms with Gasteiger partial charge in [-0.1, -0.05) is 18.5 Å². The van der Waals surface area contributed by atoms with Crippen LogP contribution in [0.15, 0.2) is 18.2 Å². The Bertz CT molecular complexity index is 465. The molecular formula is C13H17ClFN3O. The molecule has 0 unspecified atom stereocenters. The van der Waals surface area contributed by atoms with Gasteiger partial charge in [-0.15, -0.1) is 0 Å². The number of rotatable bonds is 5. The Morgan fingerprint density at radius 1 is 1.58 bits per heavy atom. The summed E-state index contributed by atoms with van der Waals surface area (Å²) in [5.41, 5.74) is 0.164. The molecule has 0 atom stereocenters. The molecule has 6 heteroatoms. The van der Waals surface area contributed by atoms with Gasteiger partial charge in [0.1, 0.15) is 5.82 Å². The van der Waals surface area contributed by atoms with Crippen LogP contribution >= 0.6 is 11.6 Å². The molecule has 19 heavy (non-hydrogen) atoms. The summed E-state index contributed by atoms with van der Waals surface area (Å²) >= 11 is 5.66. The first-order valence-corrected chi connectivity index (χ1v) is 6.67. The summed E-state index contributed by atoms with van der Waals surface area (Å²) in [5, 5.41) is 6.05. The quantitative estimate of drug-likeness (QED) is 0.866. The van der Waals surface area contributed by atoms with Gasteiger partial charge in [-0.3, -0.25) is 9.69 Å². The first-order valence-electron chi connectivity index (χ1n) is 6.30. The number of carbonyl (C=O) groups is 1. The zero-order chi connectivity index (χ0) is 13.8. The number of benzene rings is 1. The van der Waals surface area contributed by atoms with Gasteiger partial charge in [-0.2, -0.15) is 0 Å². The number of hydrogen-bond acceptors (Lipinski definition) is 3. The maximum absolute atomic E-state index is 13.5. The fourth-order valence-electron chi connectivity index (χ4n) is 2.00. The lowest BCUT2D eigenvalue weighted by Gasteiger charge is -2.37. The van der Waals surface area contributed by atoms with Crippen LogP contribution in [0.25, 0.3) is 0 Å². The van der Waals surface area contributed by atoms with Crippen LogP contribution in [0.5, 0.6) is 0 Å². The van der Waals surface area contributed by atoms with E-state index in [0.29, 0.717) is 11.1 Å². The highest BCUT2D eigenvalue weighted by molar-refractivity contribution is 6.30. The van der Waals surface area contributed by atoms with Crippen LogP contribution in [0.3, 0.4) is 0 Å². The third kappa shape index (κ3) is 3.65. The van der Waals surface area contributed by atoms with E-state index < -0.39 is 5.82 Å². The molecule has 0 radical (unpaired) electrons. The number of anilines is 1. The molecule has 1 aliphatic heterocycles. The van der Waals surface area contributed by atoms with Crippen molar-refractivity contribution in [2.24, 2.45) is 0 Å². The number of nitrogens with one attached hydrogen (secondary N) is 2. The Kier molecular flexibility index (Phi) is 4.74. The van der Waals surface area contributed by atoms with E-state index in [1.165, 1.54) is 12.1 Å². The summed E-state index contributed by atoms with van der Waals surface area (Å²) in [4.78, 5) is 14.0. The SMILES string of the molecule is CCN(CC(=O)Nc1ccc(Cl)cc1F)C1CNC1. The van der Waals surface area contributed by atoms with Gasteiger partial charge in [-0.25, -0.2) is 4.39 Å². The Hall–Kier alpha value is -1.17. The average molecular weight is 286 g/mol. The lowest BCUT2D eigenvalue weighted by molar-refractivity contribution is -0.118. The molecule has 0 saturated carbocycles. The smallest absolute Gasteiger partial charge is 0.238 e. The fraction of sp³-hybridized carbons (Fsp3) is 0.462. The average Bonchev–Trinajstić information content (AvgIpc) is 2.29. The van der Waals surface area contributed by atoms with E-state index in [-0.39, 0.29) is 18.1 Å². The molecule has 1 heterocycles. The van der Waals surface area contributed by atoms with E-state index >= 15 is 0 Å². The van der Waals surface area contributed by atoms with Gasteiger partial charge in [-0.05, 0) is 24.7 Å². The van der Waals surface area contributed by atoms with Crippen molar-refractivity contribution in [1.29, 1.82) is 0 Å². The standard InChI is InChI=1S/C13H17ClFN3O/c1-2-18(10-6-16-7-10)8-13(19)17-12-4-3-9(14)5-11(12)15/h3-5,10,16H,2,6-8H2,1H3,(H,17,19). The number of amides is 1. The Labute approximate surface area is 116 Å². The predicted molar refractivity (Wildman–Crippen MR) is 73.9 cm³/mol. The summed E-state index contributed by atoms with van der Waals surface area (Å²) < 4.78 is 13.5. The maximum Gasteiger partial charge on any atom is 0.238 e. The number of halogens is 2. The monoisotopic (exact) mass is 285 g/mol. The highest BCUT2D eigenvalue weighted by Gasteiger charge is 2.24. The Morgan fingerprint density at radius 2 is 2.32 bits per heavy atom. The van der Waals surface area contributed by atoms with Crippen LogP contribution in [0.2, 0.25) is 5.02 Å². The van der Waals surface area contributed by atoms with Crippen LogP contribution in [-0.4, -0.2) is 43.0 Å². The highest BCUT2D eigenvalue weighted by atomic mass is 35.5. The zero-order valence-electron chi connectivity index (χ0n) is 10.7. The summed E-state index contributed by atoms with van der Waals surface area (Å²) in [6.45, 7) is 4.87. The molecule has 1 aliphatic rings. The first kappa shape index (κ1) is 14.2. The van der Waals surface area contributed by atoms with E-state index in [9.17, 15) is 9.18 Å². The first-order chi connectivity index (χ1) is 9.10. The van der Waals surface area contributed by atoms with Gasteiger partial charge in [0.25, 0.3) is 0 Å². The molecule has 2 rings (SSSR count). The van der Waals surface area contributed by atoms with Crippen molar-refractivity contribution >= 4 is 23.2 Å². The predicted octanol–water partition coefficient (Wildman–Crippen LogP) is 1.71. The van der Waals surface area contributed by atoms with E-state index in [2.05, 4.69) is 15.5 Å². The minimum absolute atomic E-state index is 0.164. The number of carbonyl (C=O) groups excluding carboxylic acids is 1. The molecular weight excluding hydrogens is 269 g/mol. The normalized spacial score (nSPS) is 15.4. The highest BCUT2D eigenvalue weighted by Crippen LogP contribution is 2.18. The van der Waals surface area contributed by atoms with Crippen molar-refractivity contribution in [2.45, 2.75) is 13.0 Å². The van der Waals surface area contributed by atoms with Crippen molar-refractivity contribution in [3.63, 3.8) is 0 Å². The topological polar surface area (TPSA) is 44.4 Å². The maximum atomic E-state index is 13.5. The van der Waals surface area contributed by atoms with Crippen molar-refractivity contribution in [3.05, 3.63) is 29.0 Å². The molecule has 0 spiro atoms.